The molecule has 15 heavy (non-hydrogen) atoms. The van der Waals surface area contributed by atoms with Gasteiger partial charge in [0, 0.05) is 6.54 Å². The van der Waals surface area contributed by atoms with E-state index < -0.39 is 10.0 Å². The van der Waals surface area contributed by atoms with Gasteiger partial charge in [-0.25, -0.2) is 13.1 Å². The molecule has 0 aliphatic rings. The van der Waals surface area contributed by atoms with E-state index in [1.807, 2.05) is 6.92 Å². The molecule has 0 heterocycles. The molecule has 0 radical (unpaired) electrons. The Morgan fingerprint density at radius 3 is 2.67 bits per heavy atom. The first-order valence-corrected chi connectivity index (χ1v) is 6.38. The molecule has 1 aromatic carbocycles. The molecule has 0 aliphatic carbocycles. The summed E-state index contributed by atoms with van der Waals surface area (Å²) < 4.78 is 25.7. The molecule has 0 aromatic heterocycles. The van der Waals surface area contributed by atoms with Crippen LogP contribution in [0.2, 0.25) is 5.02 Å². The molecule has 0 saturated carbocycles. The monoisotopic (exact) mass is 248 g/mol. The summed E-state index contributed by atoms with van der Waals surface area (Å²) in [6.07, 6.45) is 0.738. The van der Waals surface area contributed by atoms with Gasteiger partial charge in [0.1, 0.15) is 0 Å². The van der Waals surface area contributed by atoms with Crippen molar-refractivity contribution >= 4 is 27.3 Å². The molecule has 1 rings (SSSR count). The Bertz CT molecular complexity index is 445. The van der Waals surface area contributed by atoms with Crippen molar-refractivity contribution in [2.75, 3.05) is 12.3 Å². The van der Waals surface area contributed by atoms with Crippen LogP contribution < -0.4 is 10.5 Å². The maximum Gasteiger partial charge on any atom is 0.240 e. The molecule has 0 bridgehead atoms. The highest BCUT2D eigenvalue weighted by molar-refractivity contribution is 7.89. The van der Waals surface area contributed by atoms with Gasteiger partial charge in [0.2, 0.25) is 10.0 Å². The molecular weight excluding hydrogens is 236 g/mol. The van der Waals surface area contributed by atoms with Crippen molar-refractivity contribution in [3.05, 3.63) is 23.2 Å². The molecule has 6 heteroatoms. The van der Waals surface area contributed by atoms with Gasteiger partial charge in [0.25, 0.3) is 0 Å². The summed E-state index contributed by atoms with van der Waals surface area (Å²) in [5.74, 6) is 0. The zero-order valence-electron chi connectivity index (χ0n) is 8.33. The molecule has 0 unspecified atom stereocenters. The van der Waals surface area contributed by atoms with Crippen LogP contribution in [0, 0.1) is 0 Å². The highest BCUT2D eigenvalue weighted by Crippen LogP contribution is 2.22. The minimum Gasteiger partial charge on any atom is -0.398 e. The van der Waals surface area contributed by atoms with E-state index in [1.54, 1.807) is 0 Å². The van der Waals surface area contributed by atoms with Crippen molar-refractivity contribution in [2.45, 2.75) is 18.2 Å². The van der Waals surface area contributed by atoms with Gasteiger partial charge < -0.3 is 5.73 Å². The molecule has 0 saturated heterocycles. The minimum absolute atomic E-state index is 0.134. The second-order valence-electron chi connectivity index (χ2n) is 3.08. The van der Waals surface area contributed by atoms with Crippen LogP contribution in [0.3, 0.4) is 0 Å². The van der Waals surface area contributed by atoms with Crippen LogP contribution in [-0.2, 0) is 10.0 Å². The lowest BCUT2D eigenvalue weighted by Gasteiger charge is -2.06. The van der Waals surface area contributed by atoms with Gasteiger partial charge >= 0.3 is 0 Å². The topological polar surface area (TPSA) is 72.2 Å². The molecule has 84 valence electrons. The summed E-state index contributed by atoms with van der Waals surface area (Å²) >= 11 is 5.74. The van der Waals surface area contributed by atoms with E-state index in [-0.39, 0.29) is 9.92 Å². The van der Waals surface area contributed by atoms with Gasteiger partial charge in [-0.05, 0) is 24.6 Å². The van der Waals surface area contributed by atoms with Crippen LogP contribution in [0.4, 0.5) is 5.69 Å². The highest BCUT2D eigenvalue weighted by atomic mass is 35.5. The molecule has 3 N–H and O–H groups in total. The number of anilines is 1. The second kappa shape index (κ2) is 4.83. The largest absolute Gasteiger partial charge is 0.398 e. The smallest absolute Gasteiger partial charge is 0.240 e. The number of hydrogen-bond donors (Lipinski definition) is 2. The summed E-state index contributed by atoms with van der Waals surface area (Å²) in [5.41, 5.74) is 5.85. The van der Waals surface area contributed by atoms with E-state index in [2.05, 4.69) is 4.72 Å². The first kappa shape index (κ1) is 12.3. The van der Waals surface area contributed by atoms with Gasteiger partial charge in [0.05, 0.1) is 15.6 Å². The first-order chi connectivity index (χ1) is 6.97. The predicted molar refractivity (Wildman–Crippen MR) is 61.3 cm³/mol. The first-order valence-electron chi connectivity index (χ1n) is 4.52. The number of nitrogen functional groups attached to an aromatic ring is 1. The van der Waals surface area contributed by atoms with Crippen LogP contribution in [0.1, 0.15) is 13.3 Å². The summed E-state index contributed by atoms with van der Waals surface area (Å²) in [7, 11) is -3.45. The van der Waals surface area contributed by atoms with Gasteiger partial charge in [-0.1, -0.05) is 18.5 Å². The fourth-order valence-corrected chi connectivity index (χ4v) is 2.40. The number of benzene rings is 1. The van der Waals surface area contributed by atoms with Crippen LogP contribution in [-0.4, -0.2) is 15.0 Å². The summed E-state index contributed by atoms with van der Waals surface area (Å²) in [5, 5.41) is 0.245. The average molecular weight is 249 g/mol. The SMILES string of the molecule is CCCNS(=O)(=O)c1ccc(N)c(Cl)c1. The van der Waals surface area contributed by atoms with Crippen molar-refractivity contribution in [3.63, 3.8) is 0 Å². The van der Waals surface area contributed by atoms with E-state index in [0.717, 1.165) is 6.42 Å². The summed E-state index contributed by atoms with van der Waals surface area (Å²) in [6.45, 7) is 2.29. The lowest BCUT2D eigenvalue weighted by Crippen LogP contribution is -2.24. The number of rotatable bonds is 4. The van der Waals surface area contributed by atoms with Gasteiger partial charge in [0.15, 0.2) is 0 Å². The Hall–Kier alpha value is -0.780. The van der Waals surface area contributed by atoms with Crippen molar-refractivity contribution in [2.24, 2.45) is 0 Å². The molecule has 4 nitrogen and oxygen atoms in total. The number of sulfonamides is 1. The Morgan fingerprint density at radius 1 is 1.47 bits per heavy atom. The standard InChI is InChI=1S/C9H13ClN2O2S/c1-2-5-12-15(13,14)7-3-4-9(11)8(10)6-7/h3-4,6,12H,2,5,11H2,1H3. The molecular formula is C9H13ClN2O2S. The average Bonchev–Trinajstić information content (AvgIpc) is 2.19. The van der Waals surface area contributed by atoms with Crippen molar-refractivity contribution in [3.8, 4) is 0 Å². The highest BCUT2D eigenvalue weighted by Gasteiger charge is 2.13. The van der Waals surface area contributed by atoms with Crippen LogP contribution >= 0.6 is 11.6 Å². The fraction of sp³-hybridized carbons (Fsp3) is 0.333. The third kappa shape index (κ3) is 3.09. The number of nitrogens with one attached hydrogen (secondary N) is 1. The Kier molecular flexibility index (Phi) is 3.96. The van der Waals surface area contributed by atoms with Gasteiger partial charge in [-0.15, -0.1) is 0 Å². The van der Waals surface area contributed by atoms with Crippen molar-refractivity contribution in [1.29, 1.82) is 0 Å². The van der Waals surface area contributed by atoms with E-state index in [9.17, 15) is 8.42 Å². The number of nitrogens with two attached hydrogens (primary N) is 1. The van der Waals surface area contributed by atoms with Gasteiger partial charge in [-0.2, -0.15) is 0 Å². The molecule has 1 aromatic rings. The minimum atomic E-state index is -3.45. The number of hydrogen-bond acceptors (Lipinski definition) is 3. The Balaban J connectivity index is 3.00. The van der Waals surface area contributed by atoms with E-state index in [0.29, 0.717) is 12.2 Å². The Morgan fingerprint density at radius 2 is 2.13 bits per heavy atom. The second-order valence-corrected chi connectivity index (χ2v) is 5.26. The van der Waals surface area contributed by atoms with Crippen molar-refractivity contribution < 1.29 is 8.42 Å². The molecule has 0 atom stereocenters. The normalized spacial score (nSPS) is 11.6. The molecule has 0 spiro atoms. The third-order valence-corrected chi connectivity index (χ3v) is 3.61. The Labute approximate surface area is 94.5 Å². The lowest BCUT2D eigenvalue weighted by atomic mass is 10.3. The van der Waals surface area contributed by atoms with Crippen LogP contribution in [0.25, 0.3) is 0 Å². The van der Waals surface area contributed by atoms with E-state index in [4.69, 9.17) is 17.3 Å². The molecule has 0 aliphatic heterocycles. The summed E-state index contributed by atoms with van der Waals surface area (Å²) in [6, 6.07) is 4.25. The lowest BCUT2D eigenvalue weighted by molar-refractivity contribution is 0.581. The van der Waals surface area contributed by atoms with E-state index in [1.165, 1.54) is 18.2 Å². The molecule has 0 amide bonds. The predicted octanol–water partition coefficient (Wildman–Crippen LogP) is 1.61. The third-order valence-electron chi connectivity index (χ3n) is 1.82. The number of halogens is 1. The zero-order chi connectivity index (χ0) is 11.5. The fourth-order valence-electron chi connectivity index (χ4n) is 0.995. The van der Waals surface area contributed by atoms with Crippen molar-refractivity contribution in [1.82, 2.24) is 4.72 Å². The van der Waals surface area contributed by atoms with Crippen LogP contribution in [0.5, 0.6) is 0 Å². The van der Waals surface area contributed by atoms with E-state index >= 15 is 0 Å². The zero-order valence-corrected chi connectivity index (χ0v) is 9.90. The van der Waals surface area contributed by atoms with Gasteiger partial charge in [-0.3, -0.25) is 0 Å². The van der Waals surface area contributed by atoms with Crippen LogP contribution in [0.15, 0.2) is 23.1 Å². The maximum absolute atomic E-state index is 11.6. The quantitative estimate of drug-likeness (QED) is 0.796. The maximum atomic E-state index is 11.6. The molecule has 0 fully saturated rings. The summed E-state index contributed by atoms with van der Waals surface area (Å²) in [4.78, 5) is 0.134.